The van der Waals surface area contributed by atoms with Crippen LogP contribution in [0.25, 0.3) is 0 Å². The highest BCUT2D eigenvalue weighted by atomic mass is 16.5. The zero-order chi connectivity index (χ0) is 16.5. The van der Waals surface area contributed by atoms with E-state index in [0.29, 0.717) is 25.6 Å². The fourth-order valence-corrected chi connectivity index (χ4v) is 2.64. The number of hydrogen-bond acceptors (Lipinski definition) is 4. The lowest BCUT2D eigenvalue weighted by Crippen LogP contribution is -2.35. The number of hydrogen-bond donors (Lipinski definition) is 2. The van der Waals surface area contributed by atoms with E-state index < -0.39 is 18.0 Å². The maximum atomic E-state index is 11.7. The number of benzene rings is 1. The second-order valence-corrected chi connectivity index (χ2v) is 5.77. The van der Waals surface area contributed by atoms with Crippen molar-refractivity contribution in [2.24, 2.45) is 11.8 Å². The lowest BCUT2D eigenvalue weighted by Gasteiger charge is -2.24. The van der Waals surface area contributed by atoms with Gasteiger partial charge in [-0.2, -0.15) is 0 Å². The molecule has 23 heavy (non-hydrogen) atoms. The number of carboxylic acids is 1. The van der Waals surface area contributed by atoms with Crippen molar-refractivity contribution < 1.29 is 24.2 Å². The average Bonchev–Trinajstić information content (AvgIpc) is 2.58. The molecule has 0 aromatic heterocycles. The Hall–Kier alpha value is -2.08. The van der Waals surface area contributed by atoms with E-state index in [1.807, 2.05) is 30.3 Å². The summed E-state index contributed by atoms with van der Waals surface area (Å²) in [5, 5.41) is 11.9. The van der Waals surface area contributed by atoms with Gasteiger partial charge in [-0.15, -0.1) is 0 Å². The summed E-state index contributed by atoms with van der Waals surface area (Å²) < 4.78 is 10.4. The van der Waals surface area contributed by atoms with Crippen molar-refractivity contribution in [3.8, 4) is 0 Å². The van der Waals surface area contributed by atoms with E-state index in [0.717, 1.165) is 18.4 Å². The molecule has 0 aliphatic carbocycles. The summed E-state index contributed by atoms with van der Waals surface area (Å²) in [5.41, 5.74) is 0.889. The molecular weight excluding hydrogens is 298 g/mol. The van der Waals surface area contributed by atoms with Crippen molar-refractivity contribution in [3.05, 3.63) is 35.9 Å². The smallest absolute Gasteiger partial charge is 0.407 e. The average molecular weight is 321 g/mol. The molecule has 1 aliphatic heterocycles. The zero-order valence-electron chi connectivity index (χ0n) is 13.1. The summed E-state index contributed by atoms with van der Waals surface area (Å²) in [6.45, 7) is 1.62. The molecule has 126 valence electrons. The quantitative estimate of drug-likeness (QED) is 0.805. The van der Waals surface area contributed by atoms with Gasteiger partial charge < -0.3 is 19.9 Å². The van der Waals surface area contributed by atoms with Crippen LogP contribution in [0.15, 0.2) is 30.3 Å². The Kier molecular flexibility index (Phi) is 6.87. The molecule has 1 heterocycles. The first-order chi connectivity index (χ1) is 11.1. The van der Waals surface area contributed by atoms with E-state index in [1.54, 1.807) is 0 Å². The molecule has 0 saturated carbocycles. The second kappa shape index (κ2) is 9.15. The Morgan fingerprint density at radius 2 is 1.96 bits per heavy atom. The van der Waals surface area contributed by atoms with Crippen LogP contribution >= 0.6 is 0 Å². The summed E-state index contributed by atoms with van der Waals surface area (Å²) in [6, 6.07) is 9.34. The van der Waals surface area contributed by atoms with Crippen molar-refractivity contribution in [1.29, 1.82) is 0 Å². The molecule has 0 spiro atoms. The molecular formula is C17H23NO5. The predicted octanol–water partition coefficient (Wildman–Crippen LogP) is 2.43. The molecule has 1 aliphatic rings. The number of amides is 1. The number of nitrogens with one attached hydrogen (secondary N) is 1. The van der Waals surface area contributed by atoms with Crippen molar-refractivity contribution in [2.45, 2.75) is 25.9 Å². The summed E-state index contributed by atoms with van der Waals surface area (Å²) in [5.74, 6) is -1.14. The molecule has 1 aromatic rings. The van der Waals surface area contributed by atoms with Crippen LogP contribution in [0.1, 0.15) is 24.8 Å². The lowest BCUT2D eigenvalue weighted by molar-refractivity contribution is -0.142. The lowest BCUT2D eigenvalue weighted by atomic mass is 9.89. The van der Waals surface area contributed by atoms with E-state index >= 15 is 0 Å². The molecule has 2 N–H and O–H groups in total. The first-order valence-electron chi connectivity index (χ1n) is 7.90. The molecule has 1 unspecified atom stereocenters. The summed E-state index contributed by atoms with van der Waals surface area (Å²) in [7, 11) is 0. The van der Waals surface area contributed by atoms with Crippen LogP contribution in [0.3, 0.4) is 0 Å². The Morgan fingerprint density at radius 1 is 1.26 bits per heavy atom. The minimum Gasteiger partial charge on any atom is -0.481 e. The third kappa shape index (κ3) is 6.28. The maximum absolute atomic E-state index is 11.7. The highest BCUT2D eigenvalue weighted by Crippen LogP contribution is 2.23. The number of aliphatic carboxylic acids is 1. The van der Waals surface area contributed by atoms with Gasteiger partial charge in [0.1, 0.15) is 6.61 Å². The highest BCUT2D eigenvalue weighted by molar-refractivity contribution is 5.72. The number of carbonyl (C=O) groups is 2. The van der Waals surface area contributed by atoms with Gasteiger partial charge in [-0.05, 0) is 30.7 Å². The van der Waals surface area contributed by atoms with Crippen molar-refractivity contribution in [2.75, 3.05) is 19.8 Å². The monoisotopic (exact) mass is 321 g/mol. The minimum absolute atomic E-state index is 0.0836. The number of alkyl carbamates (subject to hydrolysis) is 1. The van der Waals surface area contributed by atoms with Crippen molar-refractivity contribution in [3.63, 3.8) is 0 Å². The maximum Gasteiger partial charge on any atom is 0.407 e. The third-order valence-electron chi connectivity index (χ3n) is 4.01. The number of carbonyl (C=O) groups excluding carboxylic acids is 1. The fourth-order valence-electron chi connectivity index (χ4n) is 2.64. The van der Waals surface area contributed by atoms with Crippen LogP contribution in [0.4, 0.5) is 4.79 Å². The van der Waals surface area contributed by atoms with Gasteiger partial charge in [-0.1, -0.05) is 30.3 Å². The fraction of sp³-hybridized carbons (Fsp3) is 0.529. The predicted molar refractivity (Wildman–Crippen MR) is 83.9 cm³/mol. The first kappa shape index (κ1) is 17.3. The van der Waals surface area contributed by atoms with Gasteiger partial charge in [0.05, 0.1) is 5.92 Å². The largest absolute Gasteiger partial charge is 0.481 e. The highest BCUT2D eigenvalue weighted by Gasteiger charge is 2.24. The van der Waals surface area contributed by atoms with Gasteiger partial charge in [0.2, 0.25) is 0 Å². The molecule has 0 radical (unpaired) electrons. The SMILES string of the molecule is O=C(NCC(CC1CCOCC1)C(=O)O)OCc1ccccc1. The zero-order valence-corrected chi connectivity index (χ0v) is 13.1. The van der Waals surface area contributed by atoms with Crippen molar-refractivity contribution in [1.82, 2.24) is 5.32 Å². The van der Waals surface area contributed by atoms with Gasteiger partial charge in [0.15, 0.2) is 0 Å². The molecule has 6 heteroatoms. The van der Waals surface area contributed by atoms with E-state index in [-0.39, 0.29) is 13.2 Å². The normalized spacial score (nSPS) is 16.5. The third-order valence-corrected chi connectivity index (χ3v) is 4.01. The first-order valence-corrected chi connectivity index (χ1v) is 7.90. The number of carboxylic acid groups (broad SMARTS) is 1. The molecule has 1 fully saturated rings. The van der Waals surface area contributed by atoms with Gasteiger partial charge in [0, 0.05) is 19.8 Å². The summed E-state index contributed by atoms with van der Waals surface area (Å²) in [4.78, 5) is 23.0. The van der Waals surface area contributed by atoms with Crippen LogP contribution in [-0.4, -0.2) is 36.9 Å². The van der Waals surface area contributed by atoms with Crippen LogP contribution < -0.4 is 5.32 Å². The van der Waals surface area contributed by atoms with Crippen LogP contribution in [0, 0.1) is 11.8 Å². The van der Waals surface area contributed by atoms with Gasteiger partial charge >= 0.3 is 12.1 Å². The Bertz CT molecular complexity index is 499. The van der Waals surface area contributed by atoms with E-state index in [4.69, 9.17) is 9.47 Å². The molecule has 1 amide bonds. The molecule has 1 atom stereocenters. The second-order valence-electron chi connectivity index (χ2n) is 5.77. The summed E-state index contributed by atoms with van der Waals surface area (Å²) >= 11 is 0. The van der Waals surface area contributed by atoms with Crippen molar-refractivity contribution >= 4 is 12.1 Å². The number of ether oxygens (including phenoxy) is 2. The van der Waals surface area contributed by atoms with E-state index in [2.05, 4.69) is 5.32 Å². The summed E-state index contributed by atoms with van der Waals surface area (Å²) in [6.07, 6.45) is 1.72. The molecule has 2 rings (SSSR count). The topological polar surface area (TPSA) is 84.9 Å². The number of rotatable bonds is 7. The van der Waals surface area contributed by atoms with Crippen LogP contribution in [0.5, 0.6) is 0 Å². The van der Waals surface area contributed by atoms with Crippen LogP contribution in [-0.2, 0) is 20.9 Å². The standard InChI is InChI=1S/C17H23NO5/c19-16(20)15(10-13-6-8-22-9-7-13)11-18-17(21)23-12-14-4-2-1-3-5-14/h1-5,13,15H,6-12H2,(H,18,21)(H,19,20). The minimum atomic E-state index is -0.889. The van der Waals surface area contributed by atoms with E-state index in [1.165, 1.54) is 0 Å². The Labute approximate surface area is 135 Å². The van der Waals surface area contributed by atoms with Crippen LogP contribution in [0.2, 0.25) is 0 Å². The Morgan fingerprint density at radius 3 is 2.61 bits per heavy atom. The molecule has 0 bridgehead atoms. The Balaban J connectivity index is 1.72. The van der Waals surface area contributed by atoms with E-state index in [9.17, 15) is 14.7 Å². The van der Waals surface area contributed by atoms with Gasteiger partial charge in [-0.25, -0.2) is 4.79 Å². The molecule has 1 saturated heterocycles. The van der Waals surface area contributed by atoms with Gasteiger partial charge in [-0.3, -0.25) is 4.79 Å². The molecule has 6 nitrogen and oxygen atoms in total. The molecule has 1 aromatic carbocycles. The van der Waals surface area contributed by atoms with Gasteiger partial charge in [0.25, 0.3) is 0 Å².